The number of rotatable bonds is 6. The zero-order chi connectivity index (χ0) is 19.4. The Balaban J connectivity index is 1.59. The molecule has 0 spiro atoms. The summed E-state index contributed by atoms with van der Waals surface area (Å²) in [5.74, 6) is -0.475. The molecular weight excluding hydrogens is 366 g/mol. The van der Waals surface area contributed by atoms with Crippen LogP contribution in [0.5, 0.6) is 0 Å². The fourth-order valence-electron chi connectivity index (χ4n) is 2.69. The van der Waals surface area contributed by atoms with Crippen LogP contribution >= 0.6 is 11.3 Å². The quantitative estimate of drug-likeness (QED) is 0.608. The van der Waals surface area contributed by atoms with Crippen molar-refractivity contribution in [3.8, 4) is 0 Å². The van der Waals surface area contributed by atoms with Crippen LogP contribution in [0.25, 0.3) is 10.2 Å². The molecule has 0 saturated carbocycles. The van der Waals surface area contributed by atoms with Crippen molar-refractivity contribution >= 4 is 33.4 Å². The van der Waals surface area contributed by atoms with Gasteiger partial charge in [-0.15, -0.1) is 11.3 Å². The van der Waals surface area contributed by atoms with Gasteiger partial charge in [-0.05, 0) is 29.1 Å². The Morgan fingerprint density at radius 1 is 1.22 bits per heavy atom. The lowest BCUT2D eigenvalue weighted by molar-refractivity contribution is -0.130. The summed E-state index contributed by atoms with van der Waals surface area (Å²) >= 11 is 1.42. The van der Waals surface area contributed by atoms with Gasteiger partial charge in [0.15, 0.2) is 0 Å². The van der Waals surface area contributed by atoms with E-state index in [0.717, 1.165) is 5.56 Å². The third kappa shape index (κ3) is 4.22. The Hall–Kier alpha value is -3.00. The topological polar surface area (TPSA) is 81.5 Å². The smallest absolute Gasteiger partial charge is 0.337 e. The van der Waals surface area contributed by atoms with Gasteiger partial charge in [-0.25, -0.2) is 9.78 Å². The average Bonchev–Trinajstić information content (AvgIpc) is 3.17. The van der Waals surface area contributed by atoms with Crippen molar-refractivity contribution in [3.05, 3.63) is 63.5 Å². The van der Waals surface area contributed by atoms with Crippen molar-refractivity contribution in [3.63, 3.8) is 0 Å². The number of nitrogens with zero attached hydrogens (tertiary/aromatic N) is 3. The Labute approximate surface area is 159 Å². The Bertz CT molecular complexity index is 1020. The summed E-state index contributed by atoms with van der Waals surface area (Å²) in [4.78, 5) is 42.7. The molecule has 1 aromatic carbocycles. The molecule has 2 heterocycles. The molecule has 8 heteroatoms. The zero-order valence-corrected chi connectivity index (χ0v) is 15.9. The molecule has 27 heavy (non-hydrogen) atoms. The molecule has 3 rings (SSSR count). The number of fused-ring (bicyclic) bond motifs is 1. The number of carbonyl (C=O) groups excluding carboxylic acids is 2. The van der Waals surface area contributed by atoms with Gasteiger partial charge >= 0.3 is 5.97 Å². The van der Waals surface area contributed by atoms with Crippen molar-refractivity contribution in [2.75, 3.05) is 14.2 Å². The number of ether oxygens (including phenoxy) is 1. The third-order valence-electron chi connectivity index (χ3n) is 4.24. The molecule has 0 unspecified atom stereocenters. The van der Waals surface area contributed by atoms with Gasteiger partial charge in [0.05, 0.1) is 24.4 Å². The minimum absolute atomic E-state index is 0.0793. The maximum absolute atomic E-state index is 12.4. The van der Waals surface area contributed by atoms with E-state index in [2.05, 4.69) is 9.72 Å². The Morgan fingerprint density at radius 3 is 2.67 bits per heavy atom. The number of hydrogen-bond acceptors (Lipinski definition) is 6. The van der Waals surface area contributed by atoms with Crippen molar-refractivity contribution in [2.45, 2.75) is 19.5 Å². The van der Waals surface area contributed by atoms with E-state index in [-0.39, 0.29) is 24.4 Å². The zero-order valence-electron chi connectivity index (χ0n) is 15.0. The fraction of sp³-hybridized carbons (Fsp3) is 0.263. The largest absolute Gasteiger partial charge is 0.465 e. The van der Waals surface area contributed by atoms with E-state index in [4.69, 9.17) is 0 Å². The van der Waals surface area contributed by atoms with E-state index >= 15 is 0 Å². The molecule has 1 amide bonds. The van der Waals surface area contributed by atoms with Gasteiger partial charge < -0.3 is 9.64 Å². The molecule has 0 N–H and O–H groups in total. The van der Waals surface area contributed by atoms with Crippen LogP contribution < -0.4 is 5.56 Å². The van der Waals surface area contributed by atoms with E-state index in [1.165, 1.54) is 29.3 Å². The highest BCUT2D eigenvalue weighted by Crippen LogP contribution is 2.13. The molecule has 0 atom stereocenters. The van der Waals surface area contributed by atoms with Crippen LogP contribution in [0.1, 0.15) is 22.3 Å². The van der Waals surface area contributed by atoms with E-state index in [1.54, 1.807) is 42.3 Å². The van der Waals surface area contributed by atoms with E-state index in [9.17, 15) is 14.4 Å². The van der Waals surface area contributed by atoms with E-state index < -0.39 is 5.97 Å². The number of thiophene rings is 1. The minimum atomic E-state index is -0.396. The monoisotopic (exact) mass is 385 g/mol. The molecule has 7 nitrogen and oxygen atoms in total. The van der Waals surface area contributed by atoms with Crippen LogP contribution in [-0.4, -0.2) is 40.5 Å². The summed E-state index contributed by atoms with van der Waals surface area (Å²) < 4.78 is 6.13. The molecule has 3 aromatic rings. The van der Waals surface area contributed by atoms with Crippen LogP contribution in [-0.2, 0) is 22.6 Å². The molecule has 0 saturated heterocycles. The normalized spacial score (nSPS) is 10.7. The van der Waals surface area contributed by atoms with Gasteiger partial charge in [-0.3, -0.25) is 14.2 Å². The molecule has 0 aliphatic carbocycles. The third-order valence-corrected chi connectivity index (χ3v) is 5.06. The summed E-state index contributed by atoms with van der Waals surface area (Å²) in [6.07, 6.45) is 1.69. The molecule has 0 bridgehead atoms. The molecule has 0 fully saturated rings. The second kappa shape index (κ2) is 8.13. The Morgan fingerprint density at radius 2 is 1.96 bits per heavy atom. The molecular formula is C19H19N3O4S. The summed E-state index contributed by atoms with van der Waals surface area (Å²) in [7, 11) is 3.04. The second-order valence-electron chi connectivity index (χ2n) is 6.07. The first kappa shape index (κ1) is 18.8. The van der Waals surface area contributed by atoms with Crippen molar-refractivity contribution in [1.82, 2.24) is 14.5 Å². The number of esters is 1. The molecule has 0 aliphatic rings. The van der Waals surface area contributed by atoms with Gasteiger partial charge in [0.1, 0.15) is 4.83 Å². The maximum Gasteiger partial charge on any atom is 0.337 e. The van der Waals surface area contributed by atoms with E-state index in [1.807, 2.05) is 5.38 Å². The fourth-order valence-corrected chi connectivity index (χ4v) is 3.41. The first-order valence-corrected chi connectivity index (χ1v) is 9.21. The first-order chi connectivity index (χ1) is 13.0. The van der Waals surface area contributed by atoms with Crippen LogP contribution in [0, 0.1) is 0 Å². The number of benzene rings is 1. The molecule has 140 valence electrons. The summed E-state index contributed by atoms with van der Waals surface area (Å²) in [6, 6.07) is 8.66. The number of hydrogen-bond donors (Lipinski definition) is 0. The van der Waals surface area contributed by atoms with Crippen molar-refractivity contribution < 1.29 is 14.3 Å². The SMILES string of the molecule is COC(=O)c1ccc(CN(C)C(=O)CCn2cnc3sccc3c2=O)cc1. The lowest BCUT2D eigenvalue weighted by Gasteiger charge is -2.17. The van der Waals surface area contributed by atoms with Gasteiger partial charge in [0, 0.05) is 26.6 Å². The van der Waals surface area contributed by atoms with Gasteiger partial charge in [0.2, 0.25) is 5.91 Å². The summed E-state index contributed by atoms with van der Waals surface area (Å²) in [5.41, 5.74) is 1.23. The number of aryl methyl sites for hydroxylation is 1. The van der Waals surface area contributed by atoms with Crippen LogP contribution in [0.2, 0.25) is 0 Å². The highest BCUT2D eigenvalue weighted by atomic mass is 32.1. The number of carbonyl (C=O) groups is 2. The van der Waals surface area contributed by atoms with Crippen molar-refractivity contribution in [2.24, 2.45) is 0 Å². The molecule has 0 aliphatic heterocycles. The van der Waals surface area contributed by atoms with Gasteiger partial charge in [-0.2, -0.15) is 0 Å². The van der Waals surface area contributed by atoms with Crippen LogP contribution in [0.4, 0.5) is 0 Å². The first-order valence-electron chi connectivity index (χ1n) is 8.33. The Kier molecular flexibility index (Phi) is 5.66. The minimum Gasteiger partial charge on any atom is -0.465 e. The highest BCUT2D eigenvalue weighted by Gasteiger charge is 2.12. The molecule has 2 aromatic heterocycles. The lowest BCUT2D eigenvalue weighted by atomic mass is 10.1. The number of methoxy groups -OCH3 is 1. The van der Waals surface area contributed by atoms with Gasteiger partial charge in [-0.1, -0.05) is 12.1 Å². The maximum atomic E-state index is 12.4. The standard InChI is InChI=1S/C19H19N3O4S/c1-21(11-13-3-5-14(6-4-13)19(25)26-2)16(23)7-9-22-12-20-17-15(18(22)24)8-10-27-17/h3-6,8,10,12H,7,9,11H2,1-2H3. The lowest BCUT2D eigenvalue weighted by Crippen LogP contribution is -2.29. The highest BCUT2D eigenvalue weighted by molar-refractivity contribution is 7.16. The van der Waals surface area contributed by atoms with Gasteiger partial charge in [0.25, 0.3) is 5.56 Å². The number of aromatic nitrogens is 2. The summed E-state index contributed by atoms with van der Waals surface area (Å²) in [5, 5.41) is 2.40. The predicted octanol–water partition coefficient (Wildman–Crippen LogP) is 2.29. The molecule has 0 radical (unpaired) electrons. The number of amides is 1. The summed E-state index contributed by atoms with van der Waals surface area (Å²) in [6.45, 7) is 0.694. The average molecular weight is 385 g/mol. The predicted molar refractivity (Wildman–Crippen MR) is 103 cm³/mol. The van der Waals surface area contributed by atoms with Crippen molar-refractivity contribution in [1.29, 1.82) is 0 Å². The second-order valence-corrected chi connectivity index (χ2v) is 6.97. The van der Waals surface area contributed by atoms with E-state index in [0.29, 0.717) is 22.3 Å². The van der Waals surface area contributed by atoms with Crippen LogP contribution in [0.15, 0.2) is 46.8 Å². The van der Waals surface area contributed by atoms with Crippen LogP contribution in [0.3, 0.4) is 0 Å².